The number of rotatable bonds is 11. The SMILES string of the molecule is C=CC(=O)NCCOP(=O)(O)OP(=O)(O)OC[C@H]1O[C@@H](n2cnc3c(N)ncnc32)[C@H](O)[C@@H]1O. The summed E-state index contributed by atoms with van der Waals surface area (Å²) in [6.45, 7) is 1.65. The van der Waals surface area contributed by atoms with Crippen molar-refractivity contribution in [3.63, 3.8) is 0 Å². The first kappa shape index (κ1) is 26.3. The number of imidazole rings is 1. The summed E-state index contributed by atoms with van der Waals surface area (Å²) in [5.41, 5.74) is 6.14. The highest BCUT2D eigenvalue weighted by Gasteiger charge is 2.46. The average molecular weight is 524 g/mol. The molecule has 34 heavy (non-hydrogen) atoms. The number of carbonyl (C=O) groups excluding carboxylic acids is 1. The van der Waals surface area contributed by atoms with Gasteiger partial charge in [-0.1, -0.05) is 6.58 Å². The van der Waals surface area contributed by atoms with E-state index >= 15 is 0 Å². The lowest BCUT2D eigenvalue weighted by Crippen LogP contribution is -2.33. The molecule has 1 aliphatic heterocycles. The highest BCUT2D eigenvalue weighted by atomic mass is 31.3. The summed E-state index contributed by atoms with van der Waals surface area (Å²) >= 11 is 0. The number of ether oxygens (including phenoxy) is 1. The van der Waals surface area contributed by atoms with E-state index in [1.807, 2.05) is 0 Å². The van der Waals surface area contributed by atoms with Gasteiger partial charge in [-0.25, -0.2) is 24.1 Å². The summed E-state index contributed by atoms with van der Waals surface area (Å²) in [6.07, 6.45) is -2.32. The summed E-state index contributed by atoms with van der Waals surface area (Å²) in [4.78, 5) is 42.1. The zero-order valence-corrected chi connectivity index (χ0v) is 19.1. The fourth-order valence-corrected chi connectivity index (χ4v) is 4.98. The molecule has 3 heterocycles. The van der Waals surface area contributed by atoms with Crippen LogP contribution >= 0.6 is 15.6 Å². The highest BCUT2D eigenvalue weighted by molar-refractivity contribution is 7.61. The van der Waals surface area contributed by atoms with Gasteiger partial charge in [0.25, 0.3) is 0 Å². The fourth-order valence-electron chi connectivity index (χ4n) is 2.91. The Hall–Kier alpha value is -2.30. The summed E-state index contributed by atoms with van der Waals surface area (Å²) in [5.74, 6) is -0.488. The molecule has 2 aromatic rings. The smallest absolute Gasteiger partial charge is 0.387 e. The van der Waals surface area contributed by atoms with Gasteiger partial charge >= 0.3 is 15.6 Å². The van der Waals surface area contributed by atoms with Gasteiger partial charge in [-0.05, 0) is 6.08 Å². The lowest BCUT2D eigenvalue weighted by atomic mass is 10.1. The topological polar surface area (TPSA) is 251 Å². The van der Waals surface area contributed by atoms with Gasteiger partial charge in [0.1, 0.15) is 30.2 Å². The van der Waals surface area contributed by atoms with Gasteiger partial charge in [0, 0.05) is 6.54 Å². The normalized spacial score (nSPS) is 26.1. The maximum atomic E-state index is 12.1. The van der Waals surface area contributed by atoms with E-state index in [1.165, 1.54) is 10.9 Å². The second-order valence-corrected chi connectivity index (χ2v) is 9.82. The van der Waals surface area contributed by atoms with Crippen molar-refractivity contribution in [2.45, 2.75) is 24.5 Å². The first-order chi connectivity index (χ1) is 15.9. The number of nitrogen functional groups attached to an aromatic ring is 1. The second-order valence-electron chi connectivity index (χ2n) is 6.77. The van der Waals surface area contributed by atoms with Crippen LogP contribution in [0.4, 0.5) is 5.82 Å². The van der Waals surface area contributed by atoms with Crippen LogP contribution in [0.2, 0.25) is 0 Å². The molecule has 3 rings (SSSR count). The summed E-state index contributed by atoms with van der Waals surface area (Å²) in [6, 6.07) is 0. The summed E-state index contributed by atoms with van der Waals surface area (Å²) in [7, 11) is -10.2. The number of hydrogen-bond acceptors (Lipinski definition) is 13. The Kier molecular flexibility index (Phi) is 8.15. The standard InChI is InChI=1S/C15H22N6O11P2/c1-2-9(22)17-3-4-29-33(25,26)32-34(27,28)30-5-8-11(23)12(24)15(31-8)21-7-20-10-13(16)18-6-19-14(10)21/h2,6-8,11-12,15,23-24H,1,3-5H2,(H,17,22)(H,25,26)(H,27,28)(H2,16,18,19)/t8-,11-,12-,15-/m1/s1. The highest BCUT2D eigenvalue weighted by Crippen LogP contribution is 2.60. The molecular weight excluding hydrogens is 502 g/mol. The average Bonchev–Trinajstić information content (AvgIpc) is 3.31. The number of nitrogens with one attached hydrogen (secondary N) is 1. The van der Waals surface area contributed by atoms with Crippen LogP contribution in [0.15, 0.2) is 25.3 Å². The Morgan fingerprint density at radius 1 is 1.24 bits per heavy atom. The van der Waals surface area contributed by atoms with Gasteiger partial charge in [0.05, 0.1) is 19.5 Å². The van der Waals surface area contributed by atoms with E-state index in [1.54, 1.807) is 0 Å². The number of nitrogens with zero attached hydrogens (tertiary/aromatic N) is 4. The molecule has 0 radical (unpaired) electrons. The van der Waals surface area contributed by atoms with Crippen LogP contribution in [0, 0.1) is 0 Å². The van der Waals surface area contributed by atoms with Crippen LogP contribution in [0.1, 0.15) is 6.23 Å². The van der Waals surface area contributed by atoms with Crippen molar-refractivity contribution in [3.05, 3.63) is 25.3 Å². The molecule has 0 saturated carbocycles. The first-order valence-corrected chi connectivity index (χ1v) is 12.4. The van der Waals surface area contributed by atoms with Crippen molar-refractivity contribution >= 4 is 38.5 Å². The maximum Gasteiger partial charge on any atom is 0.481 e. The van der Waals surface area contributed by atoms with Crippen LogP contribution in [-0.2, 0) is 32.0 Å². The number of carbonyl (C=O) groups is 1. The zero-order valence-electron chi connectivity index (χ0n) is 17.3. The van der Waals surface area contributed by atoms with E-state index in [4.69, 9.17) is 10.5 Å². The van der Waals surface area contributed by atoms with Gasteiger partial charge in [-0.3, -0.25) is 18.4 Å². The van der Waals surface area contributed by atoms with Gasteiger partial charge in [0.15, 0.2) is 17.7 Å². The van der Waals surface area contributed by atoms with Crippen LogP contribution in [0.25, 0.3) is 11.2 Å². The van der Waals surface area contributed by atoms with E-state index in [2.05, 4.69) is 40.2 Å². The van der Waals surface area contributed by atoms with Gasteiger partial charge < -0.3 is 35.8 Å². The van der Waals surface area contributed by atoms with Crippen molar-refractivity contribution in [1.29, 1.82) is 0 Å². The molecule has 1 aliphatic rings. The first-order valence-electron chi connectivity index (χ1n) is 9.45. The Morgan fingerprint density at radius 3 is 2.65 bits per heavy atom. The minimum Gasteiger partial charge on any atom is -0.387 e. The number of aliphatic hydroxyl groups excluding tert-OH is 2. The fraction of sp³-hybridized carbons (Fsp3) is 0.467. The van der Waals surface area contributed by atoms with Crippen LogP contribution in [0.5, 0.6) is 0 Å². The minimum absolute atomic E-state index is 0.0776. The van der Waals surface area contributed by atoms with E-state index < -0.39 is 59.3 Å². The number of aliphatic hydroxyl groups is 2. The van der Waals surface area contributed by atoms with E-state index in [0.717, 1.165) is 12.4 Å². The van der Waals surface area contributed by atoms with Crippen molar-refractivity contribution in [2.75, 3.05) is 25.5 Å². The molecule has 1 amide bonds. The quantitative estimate of drug-likeness (QED) is 0.112. The van der Waals surface area contributed by atoms with Crippen molar-refractivity contribution in [1.82, 2.24) is 24.8 Å². The number of anilines is 1. The molecule has 1 saturated heterocycles. The Bertz CT molecular complexity index is 1150. The predicted molar refractivity (Wildman–Crippen MR) is 112 cm³/mol. The molecule has 1 fully saturated rings. The van der Waals surface area contributed by atoms with Gasteiger partial charge in [-0.15, -0.1) is 0 Å². The van der Waals surface area contributed by atoms with Gasteiger partial charge in [0.2, 0.25) is 5.91 Å². The predicted octanol–water partition coefficient (Wildman–Crippen LogP) is -1.42. The number of aromatic nitrogens is 4. The van der Waals surface area contributed by atoms with Crippen LogP contribution in [0.3, 0.4) is 0 Å². The number of phosphoric ester groups is 2. The maximum absolute atomic E-state index is 12.1. The molecule has 2 aromatic heterocycles. The molecule has 188 valence electrons. The third-order valence-electron chi connectivity index (χ3n) is 4.45. The van der Waals surface area contributed by atoms with Gasteiger partial charge in [-0.2, -0.15) is 4.31 Å². The molecule has 6 atom stereocenters. The van der Waals surface area contributed by atoms with E-state index in [9.17, 15) is 33.9 Å². The van der Waals surface area contributed by atoms with E-state index in [-0.39, 0.29) is 23.5 Å². The Labute approximate surface area is 191 Å². The lowest BCUT2D eigenvalue weighted by Gasteiger charge is -2.19. The minimum atomic E-state index is -5.18. The van der Waals surface area contributed by atoms with Crippen molar-refractivity contribution in [3.8, 4) is 0 Å². The van der Waals surface area contributed by atoms with Crippen LogP contribution < -0.4 is 11.1 Å². The second kappa shape index (κ2) is 10.5. The molecule has 0 bridgehead atoms. The number of hydrogen-bond donors (Lipinski definition) is 6. The molecule has 19 heteroatoms. The van der Waals surface area contributed by atoms with Crippen LogP contribution in [-0.4, -0.2) is 83.5 Å². The largest absolute Gasteiger partial charge is 0.481 e. The Morgan fingerprint density at radius 2 is 1.94 bits per heavy atom. The summed E-state index contributed by atoms with van der Waals surface area (Å²) in [5, 5.41) is 22.9. The number of fused-ring (bicyclic) bond motifs is 1. The molecular formula is C15H22N6O11P2. The molecule has 2 unspecified atom stereocenters. The number of phosphoric acid groups is 2. The van der Waals surface area contributed by atoms with E-state index in [0.29, 0.717) is 0 Å². The molecule has 17 nitrogen and oxygen atoms in total. The Balaban J connectivity index is 1.57. The van der Waals surface area contributed by atoms with Crippen molar-refractivity contribution < 1.29 is 52.0 Å². The monoisotopic (exact) mass is 524 g/mol. The summed E-state index contributed by atoms with van der Waals surface area (Å²) < 4.78 is 43.9. The third kappa shape index (κ3) is 6.22. The number of amides is 1. The zero-order chi connectivity index (χ0) is 25.1. The molecule has 0 spiro atoms. The number of nitrogens with two attached hydrogens (primary N) is 1. The lowest BCUT2D eigenvalue weighted by molar-refractivity contribution is -0.116. The van der Waals surface area contributed by atoms with Crippen molar-refractivity contribution in [2.24, 2.45) is 0 Å². The molecule has 0 aromatic carbocycles. The third-order valence-corrected chi connectivity index (χ3v) is 7.08. The molecule has 0 aliphatic carbocycles. The molecule has 7 N–H and O–H groups in total.